The van der Waals surface area contributed by atoms with Gasteiger partial charge >= 0.3 is 6.18 Å². The van der Waals surface area contributed by atoms with Crippen molar-refractivity contribution >= 4 is 5.78 Å². The van der Waals surface area contributed by atoms with Gasteiger partial charge in [-0.05, 0) is 24.1 Å². The van der Waals surface area contributed by atoms with Gasteiger partial charge in [0.1, 0.15) is 11.3 Å². The normalized spacial score (nSPS) is 26.6. The summed E-state index contributed by atoms with van der Waals surface area (Å²) in [5.74, 6) is 0.0172. The quantitative estimate of drug-likeness (QED) is 0.813. The van der Waals surface area contributed by atoms with Gasteiger partial charge in [0, 0.05) is 6.42 Å². The Labute approximate surface area is 130 Å². The van der Waals surface area contributed by atoms with Crippen LogP contribution in [0.5, 0.6) is 0 Å². The highest BCUT2D eigenvalue weighted by Crippen LogP contribution is 2.46. The number of nitrogens with one attached hydrogen (secondary N) is 2. The van der Waals surface area contributed by atoms with Gasteiger partial charge in [-0.1, -0.05) is 12.1 Å². The van der Waals surface area contributed by atoms with Crippen molar-refractivity contribution in [3.63, 3.8) is 0 Å². The minimum Gasteiger partial charge on any atom is -0.363 e. The van der Waals surface area contributed by atoms with Gasteiger partial charge in [0.25, 0.3) is 0 Å². The van der Waals surface area contributed by atoms with Crippen LogP contribution in [0.2, 0.25) is 0 Å². The molecule has 1 aromatic carbocycles. The highest BCUT2D eigenvalue weighted by Gasteiger charge is 2.56. The SMILES string of the molecule is O=C1CCC2(CO2)C2=C1NNN2Cc1ccc(C(F)(F)F)cc1. The Morgan fingerprint density at radius 1 is 1.26 bits per heavy atom. The zero-order chi connectivity index (χ0) is 16.2. The van der Waals surface area contributed by atoms with Crippen molar-refractivity contribution in [1.82, 2.24) is 16.0 Å². The maximum absolute atomic E-state index is 12.6. The van der Waals surface area contributed by atoms with E-state index in [9.17, 15) is 18.0 Å². The van der Waals surface area contributed by atoms with Crippen LogP contribution in [0.15, 0.2) is 35.7 Å². The standard InChI is InChI=1S/C15H14F3N3O2/c16-15(17,18)10-3-1-9(2-4-10)7-21-13-12(19-20-21)11(22)5-6-14(13)8-23-14/h1-4,19-20H,5-8H2. The first kappa shape index (κ1) is 14.5. The highest BCUT2D eigenvalue weighted by atomic mass is 19.4. The summed E-state index contributed by atoms with van der Waals surface area (Å²) in [5.41, 5.74) is 6.62. The minimum absolute atomic E-state index is 0.0172. The van der Waals surface area contributed by atoms with Crippen LogP contribution >= 0.6 is 0 Å². The van der Waals surface area contributed by atoms with Crippen molar-refractivity contribution in [2.75, 3.05) is 6.61 Å². The molecule has 4 rings (SSSR count). The number of fused-ring (bicyclic) bond motifs is 1. The first-order valence-corrected chi connectivity index (χ1v) is 7.26. The molecule has 2 N–H and O–H groups in total. The van der Waals surface area contributed by atoms with Crippen LogP contribution < -0.4 is 11.0 Å². The van der Waals surface area contributed by atoms with Gasteiger partial charge in [-0.3, -0.25) is 15.2 Å². The summed E-state index contributed by atoms with van der Waals surface area (Å²) in [6.45, 7) is 0.897. The van der Waals surface area contributed by atoms with Crippen molar-refractivity contribution in [2.24, 2.45) is 0 Å². The van der Waals surface area contributed by atoms with Crippen molar-refractivity contribution in [3.05, 3.63) is 46.8 Å². The molecule has 1 aromatic rings. The summed E-state index contributed by atoms with van der Waals surface area (Å²) >= 11 is 0. The van der Waals surface area contributed by atoms with Crippen LogP contribution in [-0.2, 0) is 22.3 Å². The zero-order valence-corrected chi connectivity index (χ0v) is 12.0. The molecule has 1 spiro atoms. The molecule has 5 nitrogen and oxygen atoms in total. The van der Waals surface area contributed by atoms with Gasteiger partial charge in [-0.15, -0.1) is 5.53 Å². The summed E-state index contributed by atoms with van der Waals surface area (Å²) in [4.78, 5) is 12.0. The monoisotopic (exact) mass is 325 g/mol. The lowest BCUT2D eigenvalue weighted by molar-refractivity contribution is -0.137. The van der Waals surface area contributed by atoms with Crippen molar-refractivity contribution < 1.29 is 22.7 Å². The predicted molar refractivity (Wildman–Crippen MR) is 73.2 cm³/mol. The third-order valence-corrected chi connectivity index (χ3v) is 4.40. The smallest absolute Gasteiger partial charge is 0.363 e. The molecule has 2 aliphatic heterocycles. The topological polar surface area (TPSA) is 56.9 Å². The summed E-state index contributed by atoms with van der Waals surface area (Å²) in [6, 6.07) is 5.00. The fourth-order valence-corrected chi connectivity index (χ4v) is 3.08. The lowest BCUT2D eigenvalue weighted by atomic mass is 9.89. The highest BCUT2D eigenvalue weighted by molar-refractivity contribution is 5.97. The number of epoxide rings is 1. The Balaban J connectivity index is 1.57. The molecular formula is C15H14F3N3O2. The number of hydrazine groups is 2. The van der Waals surface area contributed by atoms with E-state index in [0.29, 0.717) is 37.3 Å². The number of hydrogen-bond acceptors (Lipinski definition) is 5. The predicted octanol–water partition coefficient (Wildman–Crippen LogP) is 1.87. The molecule has 1 atom stereocenters. The van der Waals surface area contributed by atoms with E-state index >= 15 is 0 Å². The Bertz CT molecular complexity index is 693. The number of carbonyl (C=O) groups excluding carboxylic acids is 1. The maximum atomic E-state index is 12.6. The van der Waals surface area contributed by atoms with E-state index < -0.39 is 17.3 Å². The van der Waals surface area contributed by atoms with Crippen LogP contribution in [0, 0.1) is 0 Å². The van der Waals surface area contributed by atoms with Crippen LogP contribution in [0.3, 0.4) is 0 Å². The molecule has 122 valence electrons. The van der Waals surface area contributed by atoms with Gasteiger partial charge in [-0.2, -0.15) is 13.2 Å². The van der Waals surface area contributed by atoms with Crippen LogP contribution in [0.1, 0.15) is 24.0 Å². The molecule has 8 heteroatoms. The summed E-state index contributed by atoms with van der Waals surface area (Å²) < 4.78 is 43.4. The molecule has 1 aliphatic carbocycles. The second-order valence-electron chi connectivity index (χ2n) is 5.95. The number of ether oxygens (including phenoxy) is 1. The molecule has 1 saturated heterocycles. The fourth-order valence-electron chi connectivity index (χ4n) is 3.08. The van der Waals surface area contributed by atoms with E-state index in [0.717, 1.165) is 17.8 Å². The van der Waals surface area contributed by atoms with Gasteiger partial charge in [0.2, 0.25) is 0 Å². The number of rotatable bonds is 2. The average molecular weight is 325 g/mol. The van der Waals surface area contributed by atoms with E-state index in [1.54, 1.807) is 5.01 Å². The molecule has 2 heterocycles. The summed E-state index contributed by atoms with van der Waals surface area (Å²) in [7, 11) is 0. The van der Waals surface area contributed by atoms with Crippen LogP contribution in [0.25, 0.3) is 0 Å². The number of allylic oxidation sites excluding steroid dienone is 1. The summed E-state index contributed by atoms with van der Waals surface area (Å²) in [6.07, 6.45) is -3.28. The number of Topliss-reactive ketones (excluding diaryl/α,β-unsaturated/α-hetero) is 1. The average Bonchev–Trinajstić information content (AvgIpc) is 3.15. The van der Waals surface area contributed by atoms with Crippen LogP contribution in [-0.4, -0.2) is 23.0 Å². The lowest BCUT2D eigenvalue weighted by Gasteiger charge is -2.27. The fraction of sp³-hybridized carbons (Fsp3) is 0.400. The van der Waals surface area contributed by atoms with E-state index in [4.69, 9.17) is 4.74 Å². The van der Waals surface area contributed by atoms with Crippen molar-refractivity contribution in [2.45, 2.75) is 31.2 Å². The number of carbonyl (C=O) groups is 1. The van der Waals surface area contributed by atoms with E-state index in [1.165, 1.54) is 12.1 Å². The van der Waals surface area contributed by atoms with E-state index in [1.807, 2.05) is 0 Å². The first-order chi connectivity index (χ1) is 10.9. The largest absolute Gasteiger partial charge is 0.416 e. The maximum Gasteiger partial charge on any atom is 0.416 e. The first-order valence-electron chi connectivity index (χ1n) is 7.26. The lowest BCUT2D eigenvalue weighted by Crippen LogP contribution is -2.40. The van der Waals surface area contributed by atoms with Gasteiger partial charge in [0.05, 0.1) is 24.4 Å². The number of ketones is 1. The molecule has 0 radical (unpaired) electrons. The second-order valence-corrected chi connectivity index (χ2v) is 5.95. The number of nitrogens with zero attached hydrogens (tertiary/aromatic N) is 1. The molecule has 23 heavy (non-hydrogen) atoms. The van der Waals surface area contributed by atoms with E-state index in [2.05, 4.69) is 11.0 Å². The number of benzene rings is 1. The van der Waals surface area contributed by atoms with Gasteiger partial charge < -0.3 is 4.74 Å². The Hall–Kier alpha value is -2.06. The number of hydrogen-bond donors (Lipinski definition) is 2. The Kier molecular flexibility index (Phi) is 2.98. The molecule has 3 aliphatic rings. The third-order valence-electron chi connectivity index (χ3n) is 4.40. The zero-order valence-electron chi connectivity index (χ0n) is 12.0. The molecule has 0 saturated carbocycles. The number of alkyl halides is 3. The third kappa shape index (κ3) is 2.38. The molecule has 0 amide bonds. The number of halogens is 3. The van der Waals surface area contributed by atoms with Gasteiger partial charge in [0.15, 0.2) is 5.78 Å². The Morgan fingerprint density at radius 3 is 2.57 bits per heavy atom. The molecule has 1 fully saturated rings. The molecule has 1 unspecified atom stereocenters. The molecule has 0 aromatic heterocycles. The minimum atomic E-state index is -4.34. The molecular weight excluding hydrogens is 311 g/mol. The Morgan fingerprint density at radius 2 is 1.96 bits per heavy atom. The van der Waals surface area contributed by atoms with Crippen molar-refractivity contribution in [1.29, 1.82) is 0 Å². The van der Waals surface area contributed by atoms with E-state index in [-0.39, 0.29) is 5.78 Å². The van der Waals surface area contributed by atoms with Crippen molar-refractivity contribution in [3.8, 4) is 0 Å². The second kappa shape index (κ2) is 4.72. The van der Waals surface area contributed by atoms with Crippen LogP contribution in [0.4, 0.5) is 13.2 Å². The molecule has 0 bridgehead atoms. The summed E-state index contributed by atoms with van der Waals surface area (Å²) in [5, 5.41) is 1.74. The van der Waals surface area contributed by atoms with Gasteiger partial charge in [-0.25, -0.2) is 0 Å².